The van der Waals surface area contributed by atoms with E-state index in [1.54, 1.807) is 36.1 Å². The molecule has 0 bridgehead atoms. The first-order valence-corrected chi connectivity index (χ1v) is 9.68. The molecule has 6 nitrogen and oxygen atoms in total. The van der Waals surface area contributed by atoms with Crippen molar-refractivity contribution in [3.8, 4) is 11.5 Å². The fourth-order valence-electron chi connectivity index (χ4n) is 3.57. The van der Waals surface area contributed by atoms with E-state index in [4.69, 9.17) is 9.15 Å². The number of hydrogen-bond donors (Lipinski definition) is 0. The van der Waals surface area contributed by atoms with Gasteiger partial charge in [0.1, 0.15) is 11.5 Å². The van der Waals surface area contributed by atoms with Crippen LogP contribution in [0.1, 0.15) is 39.4 Å². The van der Waals surface area contributed by atoms with E-state index >= 15 is 0 Å². The first-order valence-electron chi connectivity index (χ1n) is 9.68. The van der Waals surface area contributed by atoms with Gasteiger partial charge in [-0.3, -0.25) is 9.59 Å². The summed E-state index contributed by atoms with van der Waals surface area (Å²) < 4.78 is 11.0. The molecule has 1 aliphatic rings. The van der Waals surface area contributed by atoms with Gasteiger partial charge in [0.25, 0.3) is 5.91 Å². The number of para-hydroxylation sites is 1. The number of oxazole rings is 1. The summed E-state index contributed by atoms with van der Waals surface area (Å²) in [6, 6.07) is 16.6. The number of ketones is 1. The predicted octanol–water partition coefficient (Wildman–Crippen LogP) is 4.51. The molecule has 3 aromatic rings. The number of piperidine rings is 1. The van der Waals surface area contributed by atoms with Crippen molar-refractivity contribution >= 4 is 11.7 Å². The third-order valence-electron chi connectivity index (χ3n) is 5.14. The molecule has 0 N–H and O–H groups in total. The van der Waals surface area contributed by atoms with E-state index in [0.29, 0.717) is 30.1 Å². The minimum atomic E-state index is -0.225. The number of hydrogen-bond acceptors (Lipinski definition) is 5. The summed E-state index contributed by atoms with van der Waals surface area (Å²) in [5.41, 5.74) is 1.19. The van der Waals surface area contributed by atoms with Crippen molar-refractivity contribution in [2.75, 3.05) is 13.1 Å². The minimum absolute atomic E-state index is 0.0445. The van der Waals surface area contributed by atoms with Gasteiger partial charge >= 0.3 is 0 Å². The van der Waals surface area contributed by atoms with Crippen molar-refractivity contribution in [1.82, 2.24) is 9.88 Å². The van der Waals surface area contributed by atoms with Crippen molar-refractivity contribution in [3.63, 3.8) is 0 Å². The third kappa shape index (κ3) is 4.21. The van der Waals surface area contributed by atoms with E-state index < -0.39 is 0 Å². The van der Waals surface area contributed by atoms with Crippen molar-refractivity contribution in [2.45, 2.75) is 19.8 Å². The van der Waals surface area contributed by atoms with Gasteiger partial charge in [-0.15, -0.1) is 0 Å². The Bertz CT molecular complexity index is 995. The van der Waals surface area contributed by atoms with E-state index in [9.17, 15) is 9.59 Å². The van der Waals surface area contributed by atoms with Gasteiger partial charge in [-0.1, -0.05) is 18.2 Å². The number of aromatic nitrogens is 1. The summed E-state index contributed by atoms with van der Waals surface area (Å²) in [5.74, 6) is 1.29. The Morgan fingerprint density at radius 3 is 2.48 bits per heavy atom. The maximum atomic E-state index is 13.0. The van der Waals surface area contributed by atoms with Crippen LogP contribution in [0, 0.1) is 12.8 Å². The van der Waals surface area contributed by atoms with Crippen LogP contribution >= 0.6 is 0 Å². The summed E-state index contributed by atoms with van der Waals surface area (Å²) >= 11 is 0. The molecule has 4 rings (SSSR count). The summed E-state index contributed by atoms with van der Waals surface area (Å²) in [4.78, 5) is 31.3. The molecule has 1 saturated heterocycles. The molecule has 1 unspecified atom stereocenters. The molecule has 1 atom stereocenters. The SMILES string of the molecule is Cc1ncoc1C(=O)N1CCCC(C(=O)c2ccc(Oc3ccccc3)cc2)C1. The highest BCUT2D eigenvalue weighted by Gasteiger charge is 2.31. The van der Waals surface area contributed by atoms with E-state index in [1.165, 1.54) is 6.39 Å². The predicted molar refractivity (Wildman–Crippen MR) is 107 cm³/mol. The van der Waals surface area contributed by atoms with Gasteiger partial charge in [-0.05, 0) is 56.2 Å². The van der Waals surface area contributed by atoms with Gasteiger partial charge in [0.2, 0.25) is 5.76 Å². The minimum Gasteiger partial charge on any atom is -0.457 e. The van der Waals surface area contributed by atoms with Gasteiger partial charge < -0.3 is 14.1 Å². The zero-order valence-electron chi connectivity index (χ0n) is 16.2. The molecule has 2 heterocycles. The fourth-order valence-corrected chi connectivity index (χ4v) is 3.57. The second-order valence-electron chi connectivity index (χ2n) is 7.16. The molecule has 1 amide bonds. The van der Waals surface area contributed by atoms with Crippen LogP contribution in [0.25, 0.3) is 0 Å². The van der Waals surface area contributed by atoms with Gasteiger partial charge in [-0.2, -0.15) is 0 Å². The van der Waals surface area contributed by atoms with Crippen LogP contribution in [-0.4, -0.2) is 34.7 Å². The Hall–Kier alpha value is -3.41. The summed E-state index contributed by atoms with van der Waals surface area (Å²) in [7, 11) is 0. The fraction of sp³-hybridized carbons (Fsp3) is 0.261. The van der Waals surface area contributed by atoms with Crippen molar-refractivity contribution in [1.29, 1.82) is 0 Å². The van der Waals surface area contributed by atoms with Crippen LogP contribution in [-0.2, 0) is 0 Å². The molecule has 2 aromatic carbocycles. The molecule has 6 heteroatoms. The Balaban J connectivity index is 1.42. The summed E-state index contributed by atoms with van der Waals surface area (Å²) in [5, 5.41) is 0. The van der Waals surface area contributed by atoms with E-state index in [0.717, 1.165) is 18.6 Å². The second-order valence-corrected chi connectivity index (χ2v) is 7.16. The number of rotatable bonds is 5. The number of nitrogens with zero attached hydrogens (tertiary/aromatic N) is 2. The van der Waals surface area contributed by atoms with Gasteiger partial charge in [0.15, 0.2) is 12.2 Å². The van der Waals surface area contributed by atoms with Crippen LogP contribution < -0.4 is 4.74 Å². The number of aryl methyl sites for hydroxylation is 1. The number of likely N-dealkylation sites (tertiary alicyclic amines) is 1. The maximum Gasteiger partial charge on any atom is 0.291 e. The number of Topliss-reactive ketones (excluding diaryl/α,β-unsaturated/α-hetero) is 1. The van der Waals surface area contributed by atoms with Crippen LogP contribution in [0.5, 0.6) is 11.5 Å². The van der Waals surface area contributed by atoms with Gasteiger partial charge in [0.05, 0.1) is 5.69 Å². The van der Waals surface area contributed by atoms with Gasteiger partial charge in [0, 0.05) is 24.6 Å². The Kier molecular flexibility index (Phi) is 5.42. The quantitative estimate of drug-likeness (QED) is 0.599. The number of amides is 1. The van der Waals surface area contributed by atoms with Crippen molar-refractivity contribution in [3.05, 3.63) is 78.0 Å². The van der Waals surface area contributed by atoms with E-state index in [-0.39, 0.29) is 23.4 Å². The lowest BCUT2D eigenvalue weighted by Gasteiger charge is -2.31. The normalized spacial score (nSPS) is 16.4. The second kappa shape index (κ2) is 8.31. The molecule has 148 valence electrons. The first-order chi connectivity index (χ1) is 14.1. The molecule has 0 spiro atoms. The summed E-state index contributed by atoms with van der Waals surface area (Å²) in [6.45, 7) is 2.75. The lowest BCUT2D eigenvalue weighted by atomic mass is 9.90. The molecule has 0 saturated carbocycles. The molecular formula is C23H22N2O4. The average Bonchev–Trinajstić information content (AvgIpc) is 3.20. The lowest BCUT2D eigenvalue weighted by molar-refractivity contribution is 0.0610. The zero-order chi connectivity index (χ0) is 20.2. The highest BCUT2D eigenvalue weighted by Crippen LogP contribution is 2.25. The molecule has 1 aromatic heterocycles. The lowest BCUT2D eigenvalue weighted by Crippen LogP contribution is -2.42. The monoisotopic (exact) mass is 390 g/mol. The van der Waals surface area contributed by atoms with E-state index in [1.807, 2.05) is 30.3 Å². The zero-order valence-corrected chi connectivity index (χ0v) is 16.2. The topological polar surface area (TPSA) is 72.6 Å². The third-order valence-corrected chi connectivity index (χ3v) is 5.14. The molecule has 0 aliphatic carbocycles. The molecule has 0 radical (unpaired) electrons. The first kappa shape index (κ1) is 18.9. The number of benzene rings is 2. The Labute approximate surface area is 169 Å². The number of carbonyl (C=O) groups is 2. The largest absolute Gasteiger partial charge is 0.457 e. The average molecular weight is 390 g/mol. The van der Waals surface area contributed by atoms with Crippen LogP contribution in [0.3, 0.4) is 0 Å². The van der Waals surface area contributed by atoms with Crippen molar-refractivity contribution in [2.24, 2.45) is 5.92 Å². The van der Waals surface area contributed by atoms with Gasteiger partial charge in [-0.25, -0.2) is 4.98 Å². The van der Waals surface area contributed by atoms with Crippen LogP contribution in [0.4, 0.5) is 0 Å². The Morgan fingerprint density at radius 1 is 1.07 bits per heavy atom. The van der Waals surface area contributed by atoms with Crippen molar-refractivity contribution < 1.29 is 18.7 Å². The van der Waals surface area contributed by atoms with Crippen LogP contribution in [0.15, 0.2) is 65.4 Å². The highest BCUT2D eigenvalue weighted by molar-refractivity contribution is 5.99. The highest BCUT2D eigenvalue weighted by atomic mass is 16.5. The maximum absolute atomic E-state index is 13.0. The molecular weight excluding hydrogens is 368 g/mol. The molecule has 29 heavy (non-hydrogen) atoms. The molecule has 1 aliphatic heterocycles. The smallest absolute Gasteiger partial charge is 0.291 e. The Morgan fingerprint density at radius 2 is 1.79 bits per heavy atom. The molecule has 1 fully saturated rings. The number of carbonyl (C=O) groups excluding carboxylic acids is 2. The van der Waals surface area contributed by atoms with E-state index in [2.05, 4.69) is 4.98 Å². The van der Waals surface area contributed by atoms with Crippen LogP contribution in [0.2, 0.25) is 0 Å². The summed E-state index contributed by atoms with van der Waals surface area (Å²) in [6.07, 6.45) is 2.82. The number of ether oxygens (including phenoxy) is 1. The standard InChI is InChI=1S/C23H22N2O4/c1-16-22(28-15-24-16)23(27)25-13-5-6-18(14-25)21(26)17-9-11-20(12-10-17)29-19-7-3-2-4-8-19/h2-4,7-12,15,18H,5-6,13-14H2,1H3.